The zero-order chi connectivity index (χ0) is 18.3. The Kier molecular flexibility index (Phi) is 4.90. The molecule has 3 heterocycles. The molecule has 1 aromatic carbocycles. The number of likely N-dealkylation sites (tertiary alicyclic amines) is 2. The van der Waals surface area contributed by atoms with E-state index < -0.39 is 11.6 Å². The van der Waals surface area contributed by atoms with E-state index in [9.17, 15) is 13.6 Å². The summed E-state index contributed by atoms with van der Waals surface area (Å²) in [6.07, 6.45) is 2.99. The third kappa shape index (κ3) is 3.58. The van der Waals surface area contributed by atoms with Crippen LogP contribution in [0.2, 0.25) is 0 Å². The van der Waals surface area contributed by atoms with Crippen molar-refractivity contribution in [2.45, 2.75) is 25.3 Å². The fourth-order valence-corrected chi connectivity index (χ4v) is 4.89. The van der Waals surface area contributed by atoms with Crippen LogP contribution in [0.5, 0.6) is 0 Å². The highest BCUT2D eigenvalue weighted by atomic mass is 32.1. The number of hydrogen-bond acceptors (Lipinski definition) is 5. The van der Waals surface area contributed by atoms with Crippen LogP contribution in [0.15, 0.2) is 12.1 Å². The molecule has 0 aliphatic carbocycles. The number of aromatic nitrogens is 1. The number of amides is 1. The van der Waals surface area contributed by atoms with Gasteiger partial charge in [0.1, 0.15) is 11.3 Å². The molecule has 140 valence electrons. The van der Waals surface area contributed by atoms with Gasteiger partial charge in [0.25, 0.3) is 0 Å². The van der Waals surface area contributed by atoms with Crippen molar-refractivity contribution >= 4 is 32.6 Å². The van der Waals surface area contributed by atoms with E-state index in [1.54, 1.807) is 0 Å². The molecule has 1 aromatic heterocycles. The van der Waals surface area contributed by atoms with Gasteiger partial charge in [-0.05, 0) is 45.5 Å². The molecule has 0 unspecified atom stereocenters. The van der Waals surface area contributed by atoms with Crippen LogP contribution in [0.3, 0.4) is 0 Å². The van der Waals surface area contributed by atoms with E-state index in [2.05, 4.69) is 27.1 Å². The van der Waals surface area contributed by atoms with Crippen LogP contribution in [0.1, 0.15) is 19.3 Å². The lowest BCUT2D eigenvalue weighted by molar-refractivity contribution is -0.121. The third-order valence-corrected chi connectivity index (χ3v) is 6.27. The number of thiazole rings is 1. The van der Waals surface area contributed by atoms with Crippen LogP contribution in [0, 0.1) is 17.6 Å². The molecular weight excluding hydrogens is 358 g/mol. The molecule has 2 saturated heterocycles. The average Bonchev–Trinajstić information content (AvgIpc) is 3.21. The first kappa shape index (κ1) is 17.8. The first-order valence-corrected chi connectivity index (χ1v) is 9.80. The lowest BCUT2D eigenvalue weighted by atomic mass is 9.95. The van der Waals surface area contributed by atoms with E-state index in [0.717, 1.165) is 62.8 Å². The van der Waals surface area contributed by atoms with Crippen molar-refractivity contribution in [2.24, 2.45) is 5.92 Å². The van der Waals surface area contributed by atoms with Crippen molar-refractivity contribution in [2.75, 3.05) is 38.5 Å². The van der Waals surface area contributed by atoms with Crippen LogP contribution < -0.4 is 5.32 Å². The summed E-state index contributed by atoms with van der Waals surface area (Å²) in [7, 11) is 2.13. The highest BCUT2D eigenvalue weighted by Gasteiger charge is 2.32. The summed E-state index contributed by atoms with van der Waals surface area (Å²) in [6.45, 7) is 3.94. The van der Waals surface area contributed by atoms with Crippen LogP contribution in [0.25, 0.3) is 10.2 Å². The van der Waals surface area contributed by atoms with Crippen molar-refractivity contribution < 1.29 is 13.6 Å². The summed E-state index contributed by atoms with van der Waals surface area (Å²) < 4.78 is 27.5. The molecule has 0 radical (unpaired) electrons. The molecule has 2 aromatic rings. The number of halogens is 2. The van der Waals surface area contributed by atoms with E-state index in [1.807, 2.05) is 0 Å². The van der Waals surface area contributed by atoms with E-state index in [1.165, 1.54) is 6.07 Å². The number of rotatable bonds is 3. The van der Waals surface area contributed by atoms with Crippen LogP contribution in [-0.4, -0.2) is 60.0 Å². The van der Waals surface area contributed by atoms with Crippen LogP contribution in [0.4, 0.5) is 13.9 Å². The molecule has 2 aliphatic rings. The largest absolute Gasteiger partial charge is 0.305 e. The Hall–Kier alpha value is -1.64. The van der Waals surface area contributed by atoms with Crippen molar-refractivity contribution in [3.05, 3.63) is 23.8 Å². The molecule has 5 nitrogen and oxygen atoms in total. The maximum Gasteiger partial charge on any atom is 0.230 e. The van der Waals surface area contributed by atoms with E-state index >= 15 is 0 Å². The Morgan fingerprint density at radius 2 is 2.12 bits per heavy atom. The Bertz CT molecular complexity index is 827. The van der Waals surface area contributed by atoms with Gasteiger partial charge in [0, 0.05) is 25.2 Å². The van der Waals surface area contributed by atoms with Gasteiger partial charge in [-0.2, -0.15) is 0 Å². The summed E-state index contributed by atoms with van der Waals surface area (Å²) in [5.74, 6) is -1.52. The topological polar surface area (TPSA) is 48.5 Å². The van der Waals surface area contributed by atoms with Gasteiger partial charge in [0.2, 0.25) is 5.91 Å². The SMILES string of the molecule is CN1CC[C@H](N2CCC[C@@H](C(=O)Nc3nc4c(F)cc(F)cc4s3)C2)C1. The minimum Gasteiger partial charge on any atom is -0.305 e. The van der Waals surface area contributed by atoms with Gasteiger partial charge >= 0.3 is 0 Å². The van der Waals surface area contributed by atoms with E-state index in [-0.39, 0.29) is 17.3 Å². The second-order valence-electron chi connectivity index (χ2n) is 7.28. The minimum absolute atomic E-state index is 0.0824. The summed E-state index contributed by atoms with van der Waals surface area (Å²) in [5, 5.41) is 3.14. The molecule has 0 spiro atoms. The Morgan fingerprint density at radius 1 is 1.27 bits per heavy atom. The van der Waals surface area contributed by atoms with Gasteiger partial charge in [-0.1, -0.05) is 11.3 Å². The number of nitrogens with one attached hydrogen (secondary N) is 1. The van der Waals surface area contributed by atoms with Crippen molar-refractivity contribution in [3.63, 3.8) is 0 Å². The van der Waals surface area contributed by atoms with Crippen LogP contribution >= 0.6 is 11.3 Å². The number of likely N-dealkylation sites (N-methyl/N-ethyl adjacent to an activating group) is 1. The molecule has 1 N–H and O–H groups in total. The molecule has 26 heavy (non-hydrogen) atoms. The molecule has 0 saturated carbocycles. The monoisotopic (exact) mass is 380 g/mol. The fraction of sp³-hybridized carbons (Fsp3) is 0.556. The van der Waals surface area contributed by atoms with Gasteiger partial charge < -0.3 is 10.2 Å². The van der Waals surface area contributed by atoms with Crippen LogP contribution in [-0.2, 0) is 4.79 Å². The number of hydrogen-bond donors (Lipinski definition) is 1. The number of anilines is 1. The highest BCUT2D eigenvalue weighted by Crippen LogP contribution is 2.30. The maximum absolute atomic E-state index is 13.8. The number of carbonyl (C=O) groups is 1. The first-order valence-electron chi connectivity index (χ1n) is 8.98. The summed E-state index contributed by atoms with van der Waals surface area (Å²) in [4.78, 5) is 21.5. The van der Waals surface area contributed by atoms with E-state index in [0.29, 0.717) is 15.9 Å². The molecule has 2 atom stereocenters. The molecule has 1 amide bonds. The second-order valence-corrected chi connectivity index (χ2v) is 8.31. The predicted octanol–water partition coefficient (Wildman–Crippen LogP) is 2.93. The molecule has 2 aliphatic heterocycles. The number of fused-ring (bicyclic) bond motifs is 1. The molecule has 4 rings (SSSR count). The molecule has 0 bridgehead atoms. The second kappa shape index (κ2) is 7.17. The highest BCUT2D eigenvalue weighted by molar-refractivity contribution is 7.22. The Morgan fingerprint density at radius 3 is 2.88 bits per heavy atom. The number of benzene rings is 1. The molecule has 8 heteroatoms. The predicted molar refractivity (Wildman–Crippen MR) is 98.4 cm³/mol. The van der Waals surface area contributed by atoms with Crippen molar-refractivity contribution in [3.8, 4) is 0 Å². The number of nitrogens with zero attached hydrogens (tertiary/aromatic N) is 3. The lowest BCUT2D eigenvalue weighted by Gasteiger charge is -2.36. The fourth-order valence-electron chi connectivity index (χ4n) is 3.98. The summed E-state index contributed by atoms with van der Waals surface area (Å²) in [5.41, 5.74) is 0.103. The molecule has 2 fully saturated rings. The number of carbonyl (C=O) groups excluding carboxylic acids is 1. The van der Waals surface area contributed by atoms with Gasteiger partial charge in [-0.25, -0.2) is 13.8 Å². The average molecular weight is 380 g/mol. The zero-order valence-corrected chi connectivity index (χ0v) is 15.5. The quantitative estimate of drug-likeness (QED) is 0.890. The maximum atomic E-state index is 13.8. The Balaban J connectivity index is 1.43. The van der Waals surface area contributed by atoms with Gasteiger partial charge in [-0.15, -0.1) is 0 Å². The first-order chi connectivity index (χ1) is 12.5. The normalized spacial score (nSPS) is 25.0. The van der Waals surface area contributed by atoms with Crippen molar-refractivity contribution in [1.82, 2.24) is 14.8 Å². The summed E-state index contributed by atoms with van der Waals surface area (Å²) >= 11 is 1.10. The smallest absolute Gasteiger partial charge is 0.230 e. The third-order valence-electron chi connectivity index (χ3n) is 5.35. The van der Waals surface area contributed by atoms with Gasteiger partial charge in [0.05, 0.1) is 10.6 Å². The lowest BCUT2D eigenvalue weighted by Crippen LogP contribution is -2.46. The van der Waals surface area contributed by atoms with Gasteiger partial charge in [-0.3, -0.25) is 9.69 Å². The minimum atomic E-state index is -0.703. The number of piperidine rings is 1. The molecular formula is C18H22F2N4OS. The van der Waals surface area contributed by atoms with Crippen molar-refractivity contribution in [1.29, 1.82) is 0 Å². The summed E-state index contributed by atoms with van der Waals surface area (Å²) in [6, 6.07) is 2.57. The zero-order valence-electron chi connectivity index (χ0n) is 14.7. The Labute approximate surface area is 155 Å². The standard InChI is InChI=1S/C18H22F2N4OS/c1-23-6-4-13(10-23)24-5-2-3-11(9-24)17(25)22-18-21-16-14(20)7-12(19)8-15(16)26-18/h7-8,11,13H,2-6,9-10H2,1H3,(H,21,22,25)/t11-,13+/m1/s1. The van der Waals surface area contributed by atoms with Gasteiger partial charge in [0.15, 0.2) is 10.9 Å². The van der Waals surface area contributed by atoms with E-state index in [4.69, 9.17) is 0 Å².